The molecular weight excluding hydrogens is 306 g/mol. The molecule has 3 heteroatoms. The monoisotopic (exact) mass is 355 g/mol. The molecule has 3 nitrogen and oxygen atoms in total. The van der Waals surface area contributed by atoms with E-state index in [0.29, 0.717) is 12.3 Å². The second kappa shape index (κ2) is 17.3. The van der Waals surface area contributed by atoms with E-state index in [0.717, 1.165) is 0 Å². The van der Waals surface area contributed by atoms with Gasteiger partial charge in [0, 0.05) is 0 Å². The molecule has 0 aromatic heterocycles. The van der Waals surface area contributed by atoms with Gasteiger partial charge in [-0.25, -0.2) is 0 Å². The van der Waals surface area contributed by atoms with Crippen LogP contribution in [0.2, 0.25) is 0 Å². The van der Waals surface area contributed by atoms with Crippen LogP contribution in [0.5, 0.6) is 0 Å². The molecule has 25 heavy (non-hydrogen) atoms. The Morgan fingerprint density at radius 1 is 0.520 bits per heavy atom. The maximum atomic E-state index is 4.04. The minimum Gasteiger partial charge on any atom is -0.288 e. The highest BCUT2D eigenvalue weighted by molar-refractivity contribution is 4.76. The Morgan fingerprint density at radius 2 is 0.800 bits per heavy atom. The lowest BCUT2D eigenvalue weighted by Crippen LogP contribution is -2.56. The Kier molecular flexibility index (Phi) is 17.2. The summed E-state index contributed by atoms with van der Waals surface area (Å²) >= 11 is 0. The van der Waals surface area contributed by atoms with Crippen LogP contribution in [-0.2, 0) is 0 Å². The van der Waals surface area contributed by atoms with Crippen LogP contribution in [0, 0.1) is 0 Å². The average molecular weight is 356 g/mol. The minimum atomic E-state index is 0.522. The Balaban J connectivity index is 4.91. The smallest absolute Gasteiger partial charge is 0.0606 e. The molecule has 0 rings (SSSR count). The van der Waals surface area contributed by atoms with Crippen molar-refractivity contribution in [2.75, 3.05) is 26.2 Å². The summed E-state index contributed by atoms with van der Waals surface area (Å²) < 4.78 is 0. The minimum absolute atomic E-state index is 0.522. The zero-order valence-electron chi connectivity index (χ0n) is 18.4. The fourth-order valence-electron chi connectivity index (χ4n) is 3.48. The van der Waals surface area contributed by atoms with Crippen molar-refractivity contribution < 1.29 is 0 Å². The highest BCUT2D eigenvalue weighted by atomic mass is 15.3. The number of hydrogen-bond acceptors (Lipinski definition) is 3. The molecule has 0 aromatic carbocycles. The molecular formula is C22H49N3. The summed E-state index contributed by atoms with van der Waals surface area (Å²) in [6.45, 7) is 18.9. The van der Waals surface area contributed by atoms with Crippen LogP contribution >= 0.6 is 0 Å². The predicted molar refractivity (Wildman–Crippen MR) is 114 cm³/mol. The van der Waals surface area contributed by atoms with E-state index in [9.17, 15) is 0 Å². The molecule has 0 fully saturated rings. The number of rotatable bonds is 18. The molecule has 1 N–H and O–H groups in total. The van der Waals surface area contributed by atoms with Gasteiger partial charge in [0.25, 0.3) is 0 Å². The van der Waals surface area contributed by atoms with E-state index in [1.807, 2.05) is 0 Å². The largest absolute Gasteiger partial charge is 0.288 e. The topological polar surface area (TPSA) is 18.5 Å². The summed E-state index contributed by atoms with van der Waals surface area (Å²) in [5, 5.41) is 4.04. The Labute approximate surface area is 159 Å². The van der Waals surface area contributed by atoms with Crippen molar-refractivity contribution in [1.29, 1.82) is 0 Å². The quantitative estimate of drug-likeness (QED) is 0.311. The normalized spacial score (nSPS) is 14.4. The molecule has 0 aromatic rings. The molecule has 0 bridgehead atoms. The lowest BCUT2D eigenvalue weighted by atomic mass is 10.2. The maximum absolute atomic E-state index is 4.04. The van der Waals surface area contributed by atoms with Crippen molar-refractivity contribution in [3.05, 3.63) is 0 Å². The zero-order chi connectivity index (χ0) is 18.9. The zero-order valence-corrected chi connectivity index (χ0v) is 18.4. The van der Waals surface area contributed by atoms with Crippen LogP contribution < -0.4 is 5.32 Å². The Morgan fingerprint density at radius 3 is 1.00 bits per heavy atom. The van der Waals surface area contributed by atoms with Crippen LogP contribution in [-0.4, -0.2) is 48.3 Å². The Hall–Kier alpha value is -0.120. The van der Waals surface area contributed by atoms with Crippen molar-refractivity contribution in [3.8, 4) is 0 Å². The second-order valence-corrected chi connectivity index (χ2v) is 7.50. The van der Waals surface area contributed by atoms with Gasteiger partial charge in [-0.3, -0.25) is 15.1 Å². The second-order valence-electron chi connectivity index (χ2n) is 7.50. The molecule has 0 aliphatic rings. The number of nitrogens with one attached hydrogen (secondary N) is 1. The summed E-state index contributed by atoms with van der Waals surface area (Å²) in [6.07, 6.45) is 13.8. The molecule has 0 heterocycles. The van der Waals surface area contributed by atoms with Gasteiger partial charge in [-0.2, -0.15) is 0 Å². The first-order valence-corrected chi connectivity index (χ1v) is 11.4. The number of hydrogen-bond donors (Lipinski definition) is 1. The van der Waals surface area contributed by atoms with E-state index in [4.69, 9.17) is 0 Å². The fourth-order valence-corrected chi connectivity index (χ4v) is 3.48. The molecule has 0 aliphatic heterocycles. The third-order valence-corrected chi connectivity index (χ3v) is 5.24. The molecule has 0 saturated heterocycles. The number of nitrogens with zero attached hydrogens (tertiary/aromatic N) is 2. The van der Waals surface area contributed by atoms with Gasteiger partial charge in [0.15, 0.2) is 0 Å². The summed E-state index contributed by atoms with van der Waals surface area (Å²) in [6, 6.07) is 0. The van der Waals surface area contributed by atoms with Crippen LogP contribution in [0.15, 0.2) is 0 Å². The molecule has 0 saturated carbocycles. The van der Waals surface area contributed by atoms with E-state index in [-0.39, 0.29) is 0 Å². The van der Waals surface area contributed by atoms with Crippen molar-refractivity contribution in [2.24, 2.45) is 0 Å². The molecule has 2 atom stereocenters. The predicted octanol–water partition coefficient (Wildman–Crippen LogP) is 5.85. The van der Waals surface area contributed by atoms with Crippen LogP contribution in [0.4, 0.5) is 0 Å². The summed E-state index contributed by atoms with van der Waals surface area (Å²) in [5.41, 5.74) is 0. The molecule has 0 radical (unpaired) electrons. The van der Waals surface area contributed by atoms with E-state index in [1.54, 1.807) is 0 Å². The number of unbranched alkanes of at least 4 members (excludes halogenated alkanes) is 4. The summed E-state index contributed by atoms with van der Waals surface area (Å²) in [4.78, 5) is 5.43. The molecule has 0 aliphatic carbocycles. The molecule has 2 unspecified atom stereocenters. The van der Waals surface area contributed by atoms with Crippen molar-refractivity contribution in [3.63, 3.8) is 0 Å². The van der Waals surface area contributed by atoms with Gasteiger partial charge in [-0.05, 0) is 64.7 Å². The molecule has 0 amide bonds. The van der Waals surface area contributed by atoms with Crippen molar-refractivity contribution in [2.45, 2.75) is 118 Å². The van der Waals surface area contributed by atoms with Gasteiger partial charge < -0.3 is 0 Å². The lowest BCUT2D eigenvalue weighted by Gasteiger charge is -2.39. The van der Waals surface area contributed by atoms with E-state index >= 15 is 0 Å². The first kappa shape index (κ1) is 24.9. The highest BCUT2D eigenvalue weighted by Gasteiger charge is 2.22. The summed E-state index contributed by atoms with van der Waals surface area (Å²) in [5.74, 6) is 0. The van der Waals surface area contributed by atoms with Crippen LogP contribution in [0.1, 0.15) is 106 Å². The standard InChI is InChI=1S/C22H49N3/c1-7-13-17-24(18-14-8-2)21(11-5)23-22(12-6)25(19-15-9-3)20-16-10-4/h21-23H,7-20H2,1-6H3. The van der Waals surface area contributed by atoms with Gasteiger partial charge in [-0.15, -0.1) is 0 Å². The van der Waals surface area contributed by atoms with Crippen molar-refractivity contribution in [1.82, 2.24) is 15.1 Å². The first-order valence-electron chi connectivity index (χ1n) is 11.4. The van der Waals surface area contributed by atoms with Gasteiger partial charge in [0.05, 0.1) is 12.3 Å². The Bertz CT molecular complexity index is 228. The third-order valence-electron chi connectivity index (χ3n) is 5.24. The first-order chi connectivity index (χ1) is 12.2. The van der Waals surface area contributed by atoms with E-state index < -0.39 is 0 Å². The highest BCUT2D eigenvalue weighted by Crippen LogP contribution is 2.12. The summed E-state index contributed by atoms with van der Waals surface area (Å²) in [7, 11) is 0. The van der Waals surface area contributed by atoms with Gasteiger partial charge >= 0.3 is 0 Å². The average Bonchev–Trinajstić information content (AvgIpc) is 2.64. The van der Waals surface area contributed by atoms with Crippen molar-refractivity contribution >= 4 is 0 Å². The van der Waals surface area contributed by atoms with Gasteiger partial charge in [-0.1, -0.05) is 67.2 Å². The SMILES string of the molecule is CCCCN(CCCC)C(CC)NC(CC)N(CCCC)CCCC. The third kappa shape index (κ3) is 11.2. The van der Waals surface area contributed by atoms with Gasteiger partial charge in [0.1, 0.15) is 0 Å². The van der Waals surface area contributed by atoms with Crippen LogP contribution in [0.25, 0.3) is 0 Å². The van der Waals surface area contributed by atoms with E-state index in [2.05, 4.69) is 56.7 Å². The maximum Gasteiger partial charge on any atom is 0.0606 e. The lowest BCUT2D eigenvalue weighted by molar-refractivity contribution is 0.0797. The molecule has 0 spiro atoms. The van der Waals surface area contributed by atoms with Gasteiger partial charge in [0.2, 0.25) is 0 Å². The fraction of sp³-hybridized carbons (Fsp3) is 1.00. The van der Waals surface area contributed by atoms with Crippen LogP contribution in [0.3, 0.4) is 0 Å². The van der Waals surface area contributed by atoms with E-state index in [1.165, 1.54) is 90.4 Å². The molecule has 152 valence electrons.